The van der Waals surface area contributed by atoms with Gasteiger partial charge in [-0.3, -0.25) is 5.32 Å². The van der Waals surface area contributed by atoms with Crippen LogP contribution in [0.3, 0.4) is 0 Å². The van der Waals surface area contributed by atoms with Gasteiger partial charge in [-0.15, -0.1) is 11.3 Å². The number of nitrogens with zero attached hydrogens (tertiary/aromatic N) is 2. The van der Waals surface area contributed by atoms with Crippen LogP contribution in [-0.4, -0.2) is 10.4 Å². The number of para-hydroxylation sites is 2. The second-order valence-corrected chi connectivity index (χ2v) is 15.9. The first-order chi connectivity index (χ1) is 28.2. The average molecular weight is 751 g/mol. The van der Waals surface area contributed by atoms with Crippen LogP contribution in [-0.2, 0) is 0 Å². The van der Waals surface area contributed by atoms with Gasteiger partial charge in [-0.1, -0.05) is 133 Å². The monoisotopic (exact) mass is 750 g/mol. The number of nitrogens with one attached hydrogen (secondary N) is 2. The Balaban J connectivity index is 0.990. The Hall–Kier alpha value is -6.99. The third-order valence-corrected chi connectivity index (χ3v) is 12.6. The fraction of sp³-hybridized carbons (Fsp3) is 0.0392. The van der Waals surface area contributed by atoms with Gasteiger partial charge in [0.2, 0.25) is 0 Å². The molecule has 2 N–H and O–H groups in total. The van der Waals surface area contributed by atoms with Gasteiger partial charge in [0.05, 0.1) is 22.1 Å². The van der Waals surface area contributed by atoms with E-state index in [-0.39, 0.29) is 12.3 Å². The fourth-order valence-electron chi connectivity index (χ4n) is 8.88. The average Bonchev–Trinajstić information content (AvgIpc) is 3.96. The van der Waals surface area contributed by atoms with Crippen LogP contribution in [0.5, 0.6) is 0 Å². The van der Waals surface area contributed by atoms with E-state index in [2.05, 4.69) is 191 Å². The van der Waals surface area contributed by atoms with E-state index < -0.39 is 0 Å². The molecule has 0 amide bonds. The normalized spacial score (nSPS) is 15.9. The number of hydrogen-bond donors (Lipinski definition) is 2. The minimum Gasteiger partial charge on any atom is -0.456 e. The van der Waals surface area contributed by atoms with Gasteiger partial charge in [-0.05, 0) is 70.8 Å². The van der Waals surface area contributed by atoms with E-state index in [1.165, 1.54) is 53.1 Å². The zero-order chi connectivity index (χ0) is 37.5. The number of thiophene rings is 1. The lowest BCUT2D eigenvalue weighted by Gasteiger charge is -2.32. The summed E-state index contributed by atoms with van der Waals surface area (Å²) in [6.45, 7) is 0. The van der Waals surface area contributed by atoms with Gasteiger partial charge in [0.15, 0.2) is 0 Å². The van der Waals surface area contributed by atoms with Crippen LogP contribution in [0.2, 0.25) is 0 Å². The van der Waals surface area contributed by atoms with E-state index >= 15 is 0 Å². The predicted octanol–water partition coefficient (Wildman–Crippen LogP) is 13.1. The molecule has 12 rings (SSSR count). The standard InChI is InChI=1S/C51H34N4OS/c1-3-13-31(14-4-1)49-52-50(32-15-5-2-6-16-32)54-51(53-49)34-25-27-38-39-29-33(26-28-45(39)57-46(38)30-34)35-19-11-23-43-47(35)48-42(22-12-24-44(48)56-43)55-40-20-9-7-17-36(40)37-18-8-10-21-41(37)55/h1-30,49,51,53H,(H,52,54). The van der Waals surface area contributed by atoms with Gasteiger partial charge < -0.3 is 14.3 Å². The van der Waals surface area contributed by atoms with Crippen molar-refractivity contribution >= 4 is 81.1 Å². The first kappa shape index (κ1) is 32.3. The lowest BCUT2D eigenvalue weighted by molar-refractivity contribution is 0.409. The van der Waals surface area contributed by atoms with Gasteiger partial charge >= 0.3 is 0 Å². The molecule has 0 saturated heterocycles. The summed E-state index contributed by atoms with van der Waals surface area (Å²) in [5.41, 5.74) is 10.9. The molecule has 2 unspecified atom stereocenters. The molecule has 1 aliphatic heterocycles. The van der Waals surface area contributed by atoms with Crippen molar-refractivity contribution in [3.05, 3.63) is 199 Å². The number of rotatable bonds is 5. The Morgan fingerprint density at radius 1 is 0.509 bits per heavy atom. The second kappa shape index (κ2) is 12.8. The van der Waals surface area contributed by atoms with E-state index in [1.807, 2.05) is 17.4 Å². The van der Waals surface area contributed by atoms with E-state index in [9.17, 15) is 0 Å². The van der Waals surface area contributed by atoms with Crippen molar-refractivity contribution in [1.29, 1.82) is 0 Å². The van der Waals surface area contributed by atoms with Crippen LogP contribution in [0.4, 0.5) is 0 Å². The molecule has 2 atom stereocenters. The zero-order valence-corrected chi connectivity index (χ0v) is 31.5. The second-order valence-electron chi connectivity index (χ2n) is 14.8. The van der Waals surface area contributed by atoms with E-state index in [1.54, 1.807) is 0 Å². The van der Waals surface area contributed by atoms with Crippen LogP contribution in [0.1, 0.15) is 29.0 Å². The van der Waals surface area contributed by atoms with Crippen molar-refractivity contribution in [2.45, 2.75) is 12.3 Å². The molecule has 5 nitrogen and oxygen atoms in total. The SMILES string of the molecule is c1ccc(C2=NC(c3ccc4c(c3)sc3ccc(-c5cccc6oc7cccc(-n8c9ccccc9c9ccccc98)c7c56)cc34)NC(c3ccccc3)N2)cc1. The summed E-state index contributed by atoms with van der Waals surface area (Å²) in [5.74, 6) is 0.886. The van der Waals surface area contributed by atoms with E-state index in [0.717, 1.165) is 50.2 Å². The number of hydrogen-bond acceptors (Lipinski definition) is 5. The number of benzene rings is 8. The summed E-state index contributed by atoms with van der Waals surface area (Å²) in [7, 11) is 0. The molecule has 11 aromatic rings. The molecule has 0 aliphatic carbocycles. The summed E-state index contributed by atoms with van der Waals surface area (Å²) >= 11 is 1.84. The van der Waals surface area contributed by atoms with Gasteiger partial charge in [-0.25, -0.2) is 4.99 Å². The highest BCUT2D eigenvalue weighted by Gasteiger charge is 2.26. The molecule has 0 spiro atoms. The lowest BCUT2D eigenvalue weighted by Crippen LogP contribution is -2.44. The van der Waals surface area contributed by atoms with Crippen molar-refractivity contribution in [2.24, 2.45) is 4.99 Å². The quantitative estimate of drug-likeness (QED) is 0.184. The number of amidine groups is 1. The highest BCUT2D eigenvalue weighted by molar-refractivity contribution is 7.25. The van der Waals surface area contributed by atoms with Crippen molar-refractivity contribution in [3.63, 3.8) is 0 Å². The van der Waals surface area contributed by atoms with Crippen LogP contribution >= 0.6 is 11.3 Å². The Morgan fingerprint density at radius 2 is 1.21 bits per heavy atom. The van der Waals surface area contributed by atoms with Crippen LogP contribution in [0, 0.1) is 0 Å². The minimum atomic E-state index is -0.215. The maximum atomic E-state index is 6.63. The van der Waals surface area contributed by atoms with Gasteiger partial charge in [-0.2, -0.15) is 0 Å². The Kier molecular flexibility index (Phi) is 7.24. The molecular weight excluding hydrogens is 717 g/mol. The van der Waals surface area contributed by atoms with Crippen molar-refractivity contribution in [2.75, 3.05) is 0 Å². The van der Waals surface area contributed by atoms with Crippen LogP contribution in [0.15, 0.2) is 191 Å². The molecule has 0 bridgehead atoms. The third kappa shape index (κ3) is 5.15. The lowest BCUT2D eigenvalue weighted by atomic mass is 9.97. The van der Waals surface area contributed by atoms with Gasteiger partial charge in [0.1, 0.15) is 29.3 Å². The van der Waals surface area contributed by atoms with Crippen molar-refractivity contribution < 1.29 is 4.42 Å². The van der Waals surface area contributed by atoms with Crippen LogP contribution in [0.25, 0.3) is 80.7 Å². The molecule has 8 aromatic carbocycles. The highest BCUT2D eigenvalue weighted by atomic mass is 32.1. The van der Waals surface area contributed by atoms with E-state index in [4.69, 9.17) is 9.41 Å². The number of aromatic nitrogens is 1. The molecule has 0 fully saturated rings. The fourth-order valence-corrected chi connectivity index (χ4v) is 10.0. The van der Waals surface area contributed by atoms with Gasteiger partial charge in [0, 0.05) is 41.9 Å². The Labute approximate surface area is 332 Å². The molecule has 1 aliphatic rings. The minimum absolute atomic E-state index is 0.0817. The summed E-state index contributed by atoms with van der Waals surface area (Å²) < 4.78 is 11.5. The van der Waals surface area contributed by atoms with E-state index in [0.29, 0.717) is 0 Å². The Bertz CT molecular complexity index is 3320. The number of furan rings is 1. The summed E-state index contributed by atoms with van der Waals surface area (Å²) in [4.78, 5) is 5.21. The molecule has 6 heteroatoms. The molecular formula is C51H34N4OS. The zero-order valence-electron chi connectivity index (χ0n) is 30.7. The molecule has 57 heavy (non-hydrogen) atoms. The summed E-state index contributed by atoms with van der Waals surface area (Å²) in [6, 6.07) is 64.9. The molecule has 0 saturated carbocycles. The third-order valence-electron chi connectivity index (χ3n) is 11.5. The topological polar surface area (TPSA) is 54.5 Å². The number of fused-ring (bicyclic) bond motifs is 9. The summed E-state index contributed by atoms with van der Waals surface area (Å²) in [5, 5.41) is 14.6. The molecule has 270 valence electrons. The van der Waals surface area contributed by atoms with Gasteiger partial charge in [0.25, 0.3) is 0 Å². The largest absolute Gasteiger partial charge is 0.456 e. The highest BCUT2D eigenvalue weighted by Crippen LogP contribution is 2.44. The smallest absolute Gasteiger partial charge is 0.137 e. The van der Waals surface area contributed by atoms with Crippen molar-refractivity contribution in [1.82, 2.24) is 15.2 Å². The molecule has 0 radical (unpaired) electrons. The maximum absolute atomic E-state index is 6.63. The number of aliphatic imine (C=N–C) groups is 1. The first-order valence-corrected chi connectivity index (χ1v) is 20.2. The summed E-state index contributed by atoms with van der Waals surface area (Å²) in [6.07, 6.45) is -0.297. The predicted molar refractivity (Wildman–Crippen MR) is 238 cm³/mol. The molecule has 4 heterocycles. The van der Waals surface area contributed by atoms with Crippen molar-refractivity contribution in [3.8, 4) is 16.8 Å². The maximum Gasteiger partial charge on any atom is 0.137 e. The Morgan fingerprint density at radius 3 is 2.00 bits per heavy atom. The first-order valence-electron chi connectivity index (χ1n) is 19.4. The van der Waals surface area contributed by atoms with Crippen LogP contribution < -0.4 is 10.6 Å². The molecule has 3 aromatic heterocycles.